The largest absolute Gasteiger partial charge is 0.394 e. The van der Waals surface area contributed by atoms with E-state index in [2.05, 4.69) is 19.2 Å². The van der Waals surface area contributed by atoms with Gasteiger partial charge in [-0.2, -0.15) is 0 Å². The van der Waals surface area contributed by atoms with Crippen LogP contribution in [0.25, 0.3) is 0 Å². The second-order valence-electron chi connectivity index (χ2n) is 12.0. The zero-order chi connectivity index (χ0) is 28.7. The molecule has 0 saturated carbocycles. The molecular weight excluding hydrogens is 482 g/mol. The topological polar surface area (TPSA) is 69.6 Å². The average Bonchev–Trinajstić information content (AvgIpc) is 2.94. The number of nitrogens with one attached hydrogen (secondary N) is 1. The molecule has 4 nitrogen and oxygen atoms in total. The van der Waals surface area contributed by atoms with E-state index in [0.717, 1.165) is 25.7 Å². The summed E-state index contributed by atoms with van der Waals surface area (Å²) in [4.78, 5) is 12.2. The van der Waals surface area contributed by atoms with Crippen molar-refractivity contribution < 1.29 is 15.0 Å². The van der Waals surface area contributed by atoms with Crippen molar-refractivity contribution in [3.8, 4) is 0 Å². The fourth-order valence-electron chi connectivity index (χ4n) is 5.36. The first-order valence-corrected chi connectivity index (χ1v) is 17.4. The zero-order valence-electron chi connectivity index (χ0n) is 26.4. The van der Waals surface area contributed by atoms with Crippen LogP contribution in [0.2, 0.25) is 0 Å². The maximum Gasteiger partial charge on any atom is 0.244 e. The molecule has 0 aromatic carbocycles. The Morgan fingerprint density at radius 1 is 0.590 bits per heavy atom. The van der Waals surface area contributed by atoms with Gasteiger partial charge in [0.05, 0.1) is 18.8 Å². The lowest BCUT2D eigenvalue weighted by Crippen LogP contribution is -2.45. The van der Waals surface area contributed by atoms with Gasteiger partial charge in [0, 0.05) is 0 Å². The van der Waals surface area contributed by atoms with Crippen molar-refractivity contribution in [3.05, 3.63) is 12.2 Å². The highest BCUT2D eigenvalue weighted by Gasteiger charge is 2.19. The van der Waals surface area contributed by atoms with Crippen LogP contribution < -0.4 is 5.32 Å². The highest BCUT2D eigenvalue weighted by Crippen LogP contribution is 2.15. The standard InChI is InChI=1S/C35H69NO3/c1-3-5-7-9-11-13-15-17-19-21-23-25-27-29-31-35(39)36-33(32-37)34(38)30-28-26-24-22-20-18-16-14-12-10-8-6-4-2/h29,31,33-34,37-38H,3-28,30,32H2,1-2H3,(H,36,39)/b31-29+. The summed E-state index contributed by atoms with van der Waals surface area (Å²) >= 11 is 0. The molecule has 0 aliphatic rings. The number of hydrogen-bond donors (Lipinski definition) is 3. The Balaban J connectivity index is 3.62. The van der Waals surface area contributed by atoms with Crippen molar-refractivity contribution in [1.29, 1.82) is 0 Å². The Morgan fingerprint density at radius 3 is 1.33 bits per heavy atom. The number of carbonyl (C=O) groups is 1. The Bertz CT molecular complexity index is 522. The lowest BCUT2D eigenvalue weighted by Gasteiger charge is -2.21. The van der Waals surface area contributed by atoms with Gasteiger partial charge in [-0.3, -0.25) is 4.79 Å². The quantitative estimate of drug-likeness (QED) is 0.0593. The summed E-state index contributed by atoms with van der Waals surface area (Å²) in [5.74, 6) is -0.211. The van der Waals surface area contributed by atoms with Gasteiger partial charge in [-0.25, -0.2) is 0 Å². The molecule has 39 heavy (non-hydrogen) atoms. The first-order valence-electron chi connectivity index (χ1n) is 17.4. The van der Waals surface area contributed by atoms with Crippen LogP contribution in [0.3, 0.4) is 0 Å². The maximum atomic E-state index is 12.2. The van der Waals surface area contributed by atoms with Gasteiger partial charge < -0.3 is 15.5 Å². The van der Waals surface area contributed by atoms with E-state index < -0.39 is 12.1 Å². The molecule has 0 bridgehead atoms. The molecule has 1 amide bonds. The summed E-state index contributed by atoms with van der Waals surface area (Å²) in [6, 6.07) is -0.578. The molecule has 0 rings (SSSR count). The number of aliphatic hydroxyl groups is 2. The lowest BCUT2D eigenvalue weighted by molar-refractivity contribution is -0.118. The molecule has 2 atom stereocenters. The Hall–Kier alpha value is -0.870. The lowest BCUT2D eigenvalue weighted by atomic mass is 10.0. The van der Waals surface area contributed by atoms with Gasteiger partial charge in [-0.15, -0.1) is 0 Å². The summed E-state index contributed by atoms with van der Waals surface area (Å²) in [7, 11) is 0. The Labute approximate surface area is 244 Å². The zero-order valence-corrected chi connectivity index (χ0v) is 26.4. The highest BCUT2D eigenvalue weighted by molar-refractivity contribution is 5.87. The summed E-state index contributed by atoms with van der Waals surface area (Å²) < 4.78 is 0. The van der Waals surface area contributed by atoms with Crippen molar-refractivity contribution >= 4 is 5.91 Å². The van der Waals surface area contributed by atoms with Crippen molar-refractivity contribution in [2.45, 2.75) is 199 Å². The summed E-state index contributed by atoms with van der Waals surface area (Å²) in [5.41, 5.74) is 0. The normalized spacial score (nSPS) is 13.2. The highest BCUT2D eigenvalue weighted by atomic mass is 16.3. The maximum absolute atomic E-state index is 12.2. The van der Waals surface area contributed by atoms with E-state index in [-0.39, 0.29) is 12.5 Å². The third-order valence-electron chi connectivity index (χ3n) is 8.09. The van der Waals surface area contributed by atoms with E-state index in [4.69, 9.17) is 0 Å². The van der Waals surface area contributed by atoms with Crippen LogP contribution in [-0.4, -0.2) is 34.9 Å². The van der Waals surface area contributed by atoms with Gasteiger partial charge in [0.25, 0.3) is 0 Å². The van der Waals surface area contributed by atoms with E-state index >= 15 is 0 Å². The van der Waals surface area contributed by atoms with E-state index in [1.807, 2.05) is 6.08 Å². The van der Waals surface area contributed by atoms with E-state index in [1.165, 1.54) is 141 Å². The number of allylic oxidation sites excluding steroid dienone is 1. The van der Waals surface area contributed by atoms with Crippen molar-refractivity contribution in [2.24, 2.45) is 0 Å². The van der Waals surface area contributed by atoms with Crippen LogP contribution in [-0.2, 0) is 4.79 Å². The fourth-order valence-corrected chi connectivity index (χ4v) is 5.36. The molecule has 232 valence electrons. The molecule has 2 unspecified atom stereocenters. The van der Waals surface area contributed by atoms with Crippen LogP contribution in [0.15, 0.2) is 12.2 Å². The first kappa shape index (κ1) is 38.1. The SMILES string of the molecule is CCCCCCCCCCCCCC/C=C/C(=O)NC(CO)C(O)CCCCCCCCCCCCCCC. The predicted octanol–water partition coefficient (Wildman–Crippen LogP) is 9.95. The van der Waals surface area contributed by atoms with E-state index in [0.29, 0.717) is 6.42 Å². The molecule has 0 aliphatic heterocycles. The molecule has 3 N–H and O–H groups in total. The number of unbranched alkanes of at least 4 members (excludes halogenated alkanes) is 24. The number of amides is 1. The minimum atomic E-state index is -0.684. The van der Waals surface area contributed by atoms with Crippen molar-refractivity contribution in [2.75, 3.05) is 6.61 Å². The van der Waals surface area contributed by atoms with Gasteiger partial charge in [-0.05, 0) is 25.3 Å². The molecule has 0 aliphatic carbocycles. The van der Waals surface area contributed by atoms with Crippen molar-refractivity contribution in [1.82, 2.24) is 5.32 Å². The van der Waals surface area contributed by atoms with Crippen LogP contribution in [0.1, 0.15) is 187 Å². The smallest absolute Gasteiger partial charge is 0.244 e. The minimum absolute atomic E-state index is 0.211. The van der Waals surface area contributed by atoms with Crippen LogP contribution in [0.4, 0.5) is 0 Å². The van der Waals surface area contributed by atoms with E-state index in [9.17, 15) is 15.0 Å². The van der Waals surface area contributed by atoms with Gasteiger partial charge in [0.2, 0.25) is 5.91 Å². The van der Waals surface area contributed by atoms with E-state index in [1.54, 1.807) is 6.08 Å². The number of hydrogen-bond acceptors (Lipinski definition) is 3. The minimum Gasteiger partial charge on any atom is -0.394 e. The van der Waals surface area contributed by atoms with Crippen molar-refractivity contribution in [3.63, 3.8) is 0 Å². The molecule has 0 aromatic heterocycles. The van der Waals surface area contributed by atoms with Crippen LogP contribution in [0, 0.1) is 0 Å². The predicted molar refractivity (Wildman–Crippen MR) is 170 cm³/mol. The molecule has 4 heteroatoms. The number of aliphatic hydroxyl groups excluding tert-OH is 2. The summed E-state index contributed by atoms with van der Waals surface area (Å²) in [6.07, 6.45) is 37.2. The monoisotopic (exact) mass is 552 g/mol. The van der Waals surface area contributed by atoms with Gasteiger partial charge in [0.15, 0.2) is 0 Å². The average molecular weight is 552 g/mol. The van der Waals surface area contributed by atoms with Crippen LogP contribution >= 0.6 is 0 Å². The van der Waals surface area contributed by atoms with Gasteiger partial charge in [0.1, 0.15) is 0 Å². The van der Waals surface area contributed by atoms with Crippen LogP contribution in [0.5, 0.6) is 0 Å². The number of rotatable bonds is 31. The molecular formula is C35H69NO3. The third kappa shape index (κ3) is 28.5. The Kier molecular flexibility index (Phi) is 30.9. The van der Waals surface area contributed by atoms with Gasteiger partial charge in [-0.1, -0.05) is 174 Å². The Morgan fingerprint density at radius 2 is 0.949 bits per heavy atom. The summed E-state index contributed by atoms with van der Waals surface area (Å²) in [5, 5.41) is 22.9. The molecule has 0 heterocycles. The molecule has 0 radical (unpaired) electrons. The third-order valence-corrected chi connectivity index (χ3v) is 8.09. The number of carbonyl (C=O) groups excluding carboxylic acids is 1. The first-order chi connectivity index (χ1) is 19.2. The second kappa shape index (κ2) is 31.7. The summed E-state index contributed by atoms with van der Waals surface area (Å²) in [6.45, 7) is 4.31. The fraction of sp³-hybridized carbons (Fsp3) is 0.914. The van der Waals surface area contributed by atoms with Gasteiger partial charge >= 0.3 is 0 Å². The second-order valence-corrected chi connectivity index (χ2v) is 12.0. The molecule has 0 aromatic rings. The molecule has 0 spiro atoms. The molecule has 0 fully saturated rings. The molecule has 0 saturated heterocycles.